The summed E-state index contributed by atoms with van der Waals surface area (Å²) in [5.41, 5.74) is 0.593. The second-order valence-corrected chi connectivity index (χ2v) is 7.42. The fourth-order valence-electron chi connectivity index (χ4n) is 2.76. The summed E-state index contributed by atoms with van der Waals surface area (Å²) in [5, 5.41) is 11.4. The monoisotopic (exact) mass is 382 g/mol. The molecule has 0 saturated carbocycles. The number of hydrogen-bond donors (Lipinski definition) is 0. The van der Waals surface area contributed by atoms with E-state index in [4.69, 9.17) is 0 Å². The number of Topliss-reactive ketones (excluding diaryl/α,β-unsaturated/α-hetero) is 1. The van der Waals surface area contributed by atoms with Gasteiger partial charge in [-0.25, -0.2) is 0 Å². The summed E-state index contributed by atoms with van der Waals surface area (Å²) in [6.07, 6.45) is 1.65. The molecule has 130 valence electrons. The van der Waals surface area contributed by atoms with Crippen LogP contribution in [0.15, 0.2) is 64.4 Å². The molecule has 6 nitrogen and oxygen atoms in total. The van der Waals surface area contributed by atoms with Crippen LogP contribution in [-0.2, 0) is 6.54 Å². The molecule has 0 aliphatic rings. The van der Waals surface area contributed by atoms with E-state index >= 15 is 0 Å². The van der Waals surface area contributed by atoms with Gasteiger partial charge in [-0.05, 0) is 23.6 Å². The predicted octanol–water partition coefficient (Wildman–Crippen LogP) is 3.27. The first-order valence-corrected chi connectivity index (χ1v) is 9.74. The summed E-state index contributed by atoms with van der Waals surface area (Å²) < 4.78 is 3.36. The van der Waals surface area contributed by atoms with Gasteiger partial charge in [-0.15, -0.1) is 28.1 Å². The number of ketones is 1. The zero-order valence-electron chi connectivity index (χ0n) is 13.7. The van der Waals surface area contributed by atoms with Crippen LogP contribution < -0.4 is 5.56 Å². The van der Waals surface area contributed by atoms with Crippen molar-refractivity contribution >= 4 is 45.6 Å². The summed E-state index contributed by atoms with van der Waals surface area (Å²) in [4.78, 5) is 25.7. The smallest absolute Gasteiger partial charge is 0.263 e. The lowest BCUT2D eigenvalue weighted by molar-refractivity contribution is 0.102. The Kier molecular flexibility index (Phi) is 4.44. The number of rotatable bonds is 6. The van der Waals surface area contributed by atoms with Gasteiger partial charge in [0.1, 0.15) is 0 Å². The number of allylic oxidation sites excluding steroid dienone is 1. The molecule has 4 rings (SSSR count). The van der Waals surface area contributed by atoms with Gasteiger partial charge in [-0.2, -0.15) is 0 Å². The average Bonchev–Trinajstić information content (AvgIpc) is 3.33. The van der Waals surface area contributed by atoms with Crippen LogP contribution in [0.4, 0.5) is 0 Å². The van der Waals surface area contributed by atoms with E-state index in [9.17, 15) is 9.59 Å². The van der Waals surface area contributed by atoms with Gasteiger partial charge < -0.3 is 0 Å². The summed E-state index contributed by atoms with van der Waals surface area (Å²) >= 11 is 2.74. The molecule has 0 amide bonds. The van der Waals surface area contributed by atoms with E-state index in [0.717, 1.165) is 10.4 Å². The van der Waals surface area contributed by atoms with Crippen molar-refractivity contribution in [1.82, 2.24) is 19.2 Å². The Morgan fingerprint density at radius 3 is 2.85 bits per heavy atom. The van der Waals surface area contributed by atoms with Crippen molar-refractivity contribution in [3.8, 4) is 0 Å². The SMILES string of the molecule is C=CCn1c(=O)c2ccccc2n2c(SCC(=O)c3cccs3)nnc12. The minimum absolute atomic E-state index is 0.0467. The molecule has 4 aromatic rings. The average molecular weight is 382 g/mol. The molecule has 0 aliphatic carbocycles. The highest BCUT2D eigenvalue weighted by molar-refractivity contribution is 7.99. The van der Waals surface area contributed by atoms with Crippen LogP contribution in [0.5, 0.6) is 0 Å². The van der Waals surface area contributed by atoms with Crippen molar-refractivity contribution in [2.75, 3.05) is 5.75 Å². The Labute approximate surface area is 156 Å². The zero-order chi connectivity index (χ0) is 18.1. The van der Waals surface area contributed by atoms with Crippen molar-refractivity contribution in [3.05, 3.63) is 69.7 Å². The maximum Gasteiger partial charge on any atom is 0.263 e. The van der Waals surface area contributed by atoms with Crippen LogP contribution in [0.25, 0.3) is 16.7 Å². The fourth-order valence-corrected chi connectivity index (χ4v) is 4.34. The van der Waals surface area contributed by atoms with Crippen molar-refractivity contribution in [2.45, 2.75) is 11.7 Å². The molecular formula is C18H14N4O2S2. The maximum absolute atomic E-state index is 12.7. The van der Waals surface area contributed by atoms with E-state index in [2.05, 4.69) is 16.8 Å². The van der Waals surface area contributed by atoms with Crippen molar-refractivity contribution in [2.24, 2.45) is 0 Å². The molecule has 26 heavy (non-hydrogen) atoms. The lowest BCUT2D eigenvalue weighted by atomic mass is 10.2. The number of carbonyl (C=O) groups excluding carboxylic acids is 1. The third-order valence-corrected chi connectivity index (χ3v) is 5.76. The molecule has 8 heteroatoms. The number of thiophene rings is 1. The van der Waals surface area contributed by atoms with Gasteiger partial charge in [-0.3, -0.25) is 18.6 Å². The summed E-state index contributed by atoms with van der Waals surface area (Å²) in [6.45, 7) is 4.05. The van der Waals surface area contributed by atoms with Gasteiger partial charge in [0.05, 0.1) is 21.5 Å². The normalized spacial score (nSPS) is 11.2. The molecule has 3 aromatic heterocycles. The first-order valence-electron chi connectivity index (χ1n) is 7.88. The Morgan fingerprint density at radius 2 is 2.08 bits per heavy atom. The topological polar surface area (TPSA) is 69.3 Å². The van der Waals surface area contributed by atoms with Gasteiger partial charge in [0.15, 0.2) is 10.9 Å². The van der Waals surface area contributed by atoms with E-state index in [1.165, 1.54) is 27.7 Å². The number of fused-ring (bicyclic) bond motifs is 3. The van der Waals surface area contributed by atoms with E-state index in [0.29, 0.717) is 22.9 Å². The van der Waals surface area contributed by atoms with Crippen LogP contribution in [0.1, 0.15) is 9.67 Å². The van der Waals surface area contributed by atoms with Gasteiger partial charge in [0.2, 0.25) is 5.78 Å². The molecule has 0 spiro atoms. The predicted molar refractivity (Wildman–Crippen MR) is 104 cm³/mol. The van der Waals surface area contributed by atoms with E-state index in [1.54, 1.807) is 12.1 Å². The maximum atomic E-state index is 12.7. The Morgan fingerprint density at radius 1 is 1.23 bits per heavy atom. The van der Waals surface area contributed by atoms with Gasteiger partial charge in [0, 0.05) is 6.54 Å². The molecule has 0 aliphatic heterocycles. The highest BCUT2D eigenvalue weighted by Gasteiger charge is 2.17. The van der Waals surface area contributed by atoms with Crippen molar-refractivity contribution in [1.29, 1.82) is 0 Å². The van der Waals surface area contributed by atoms with Crippen molar-refractivity contribution in [3.63, 3.8) is 0 Å². The lowest BCUT2D eigenvalue weighted by Gasteiger charge is -2.09. The molecule has 0 atom stereocenters. The van der Waals surface area contributed by atoms with Gasteiger partial charge in [0.25, 0.3) is 5.56 Å². The van der Waals surface area contributed by atoms with Crippen LogP contribution in [0.2, 0.25) is 0 Å². The lowest BCUT2D eigenvalue weighted by Crippen LogP contribution is -2.22. The molecule has 0 radical (unpaired) electrons. The largest absolute Gasteiger partial charge is 0.292 e. The number of benzene rings is 1. The highest BCUT2D eigenvalue weighted by Crippen LogP contribution is 2.23. The number of thioether (sulfide) groups is 1. The molecule has 0 unspecified atom stereocenters. The minimum atomic E-state index is -0.133. The molecule has 0 fully saturated rings. The number of para-hydroxylation sites is 1. The standard InChI is InChI=1S/C18H14N4O2S2/c1-2-9-21-16(24)12-6-3-4-7-13(12)22-17(21)19-20-18(22)26-11-14(23)15-8-5-10-25-15/h2-8,10H,1,9,11H2. The van der Waals surface area contributed by atoms with Crippen LogP contribution in [0.3, 0.4) is 0 Å². The quantitative estimate of drug-likeness (QED) is 0.291. The fraction of sp³-hybridized carbons (Fsp3) is 0.111. The molecule has 0 saturated heterocycles. The Hall–Kier alpha value is -2.71. The summed E-state index contributed by atoms with van der Waals surface area (Å²) in [6, 6.07) is 11.0. The first-order chi connectivity index (χ1) is 12.7. The third kappa shape index (κ3) is 2.77. The molecule has 0 N–H and O–H groups in total. The van der Waals surface area contributed by atoms with Crippen LogP contribution in [-0.4, -0.2) is 30.7 Å². The molecule has 1 aromatic carbocycles. The first kappa shape index (κ1) is 16.7. The molecule has 3 heterocycles. The third-order valence-electron chi connectivity index (χ3n) is 3.92. The van der Waals surface area contributed by atoms with Crippen LogP contribution in [0, 0.1) is 0 Å². The second-order valence-electron chi connectivity index (χ2n) is 5.53. The zero-order valence-corrected chi connectivity index (χ0v) is 15.3. The molecule has 0 bridgehead atoms. The van der Waals surface area contributed by atoms with E-state index < -0.39 is 0 Å². The second kappa shape index (κ2) is 6.89. The van der Waals surface area contributed by atoms with E-state index in [1.807, 2.05) is 40.1 Å². The highest BCUT2D eigenvalue weighted by atomic mass is 32.2. The number of nitrogens with zero attached hydrogens (tertiary/aromatic N) is 4. The number of carbonyl (C=O) groups is 1. The van der Waals surface area contributed by atoms with Crippen LogP contribution >= 0.6 is 23.1 Å². The van der Waals surface area contributed by atoms with Gasteiger partial charge >= 0.3 is 0 Å². The van der Waals surface area contributed by atoms with E-state index in [-0.39, 0.29) is 17.1 Å². The Balaban J connectivity index is 1.82. The Bertz CT molecular complexity index is 1180. The van der Waals surface area contributed by atoms with Gasteiger partial charge in [-0.1, -0.05) is 36.0 Å². The summed E-state index contributed by atoms with van der Waals surface area (Å²) in [7, 11) is 0. The number of hydrogen-bond acceptors (Lipinski definition) is 6. The molecular weight excluding hydrogens is 368 g/mol. The minimum Gasteiger partial charge on any atom is -0.292 e. The number of aromatic nitrogens is 4. The van der Waals surface area contributed by atoms with Crippen molar-refractivity contribution < 1.29 is 4.79 Å². The summed E-state index contributed by atoms with van der Waals surface area (Å²) in [5.74, 6) is 0.751.